The topological polar surface area (TPSA) is 38.3 Å². The minimum Gasteiger partial charge on any atom is -0.465 e. The zero-order chi connectivity index (χ0) is 11.7. The van der Waals surface area contributed by atoms with E-state index in [1.165, 1.54) is 0 Å². The molecule has 90 valence electrons. The molecular formula is C12H25NO2. The number of nitrogens with one attached hydrogen (secondary N) is 1. The first-order chi connectivity index (χ1) is 7.17. The molecule has 0 bridgehead atoms. The highest BCUT2D eigenvalue weighted by Crippen LogP contribution is 2.09. The quantitative estimate of drug-likeness (QED) is 0.499. The SMILES string of the molecule is CCCCCOC(=O)[C@@H](NC)C(C)CC. The summed E-state index contributed by atoms with van der Waals surface area (Å²) < 4.78 is 5.22. The zero-order valence-corrected chi connectivity index (χ0v) is 10.5. The summed E-state index contributed by atoms with van der Waals surface area (Å²) >= 11 is 0. The molecule has 0 saturated carbocycles. The van der Waals surface area contributed by atoms with Gasteiger partial charge in [0.1, 0.15) is 6.04 Å². The molecule has 15 heavy (non-hydrogen) atoms. The molecule has 3 nitrogen and oxygen atoms in total. The summed E-state index contributed by atoms with van der Waals surface area (Å²) in [6, 6.07) is -0.156. The lowest BCUT2D eigenvalue weighted by molar-refractivity contribution is -0.147. The molecule has 0 saturated heterocycles. The smallest absolute Gasteiger partial charge is 0.323 e. The molecular weight excluding hydrogens is 190 g/mol. The van der Waals surface area contributed by atoms with E-state index in [1.807, 2.05) is 7.05 Å². The van der Waals surface area contributed by atoms with Crippen molar-refractivity contribution in [2.24, 2.45) is 5.92 Å². The van der Waals surface area contributed by atoms with Gasteiger partial charge in [-0.25, -0.2) is 0 Å². The highest BCUT2D eigenvalue weighted by Gasteiger charge is 2.23. The van der Waals surface area contributed by atoms with Crippen LogP contribution < -0.4 is 5.32 Å². The first-order valence-electron chi connectivity index (χ1n) is 6.01. The highest BCUT2D eigenvalue weighted by atomic mass is 16.5. The summed E-state index contributed by atoms with van der Waals surface area (Å²) in [5.41, 5.74) is 0. The summed E-state index contributed by atoms with van der Waals surface area (Å²) in [7, 11) is 1.81. The Bertz CT molecular complexity index is 171. The van der Waals surface area contributed by atoms with E-state index < -0.39 is 0 Å². The number of carbonyl (C=O) groups is 1. The second-order valence-electron chi connectivity index (χ2n) is 4.03. The van der Waals surface area contributed by atoms with E-state index in [0.717, 1.165) is 25.7 Å². The molecule has 1 unspecified atom stereocenters. The maximum absolute atomic E-state index is 11.7. The molecule has 1 N–H and O–H groups in total. The molecule has 0 aromatic rings. The van der Waals surface area contributed by atoms with Gasteiger partial charge in [-0.05, 0) is 19.4 Å². The van der Waals surface area contributed by atoms with E-state index in [9.17, 15) is 4.79 Å². The van der Waals surface area contributed by atoms with Crippen molar-refractivity contribution in [3.63, 3.8) is 0 Å². The number of carbonyl (C=O) groups excluding carboxylic acids is 1. The Morgan fingerprint density at radius 2 is 2.00 bits per heavy atom. The molecule has 0 aliphatic heterocycles. The lowest BCUT2D eigenvalue weighted by atomic mass is 10.00. The Labute approximate surface area is 93.6 Å². The summed E-state index contributed by atoms with van der Waals surface area (Å²) in [4.78, 5) is 11.7. The van der Waals surface area contributed by atoms with Crippen molar-refractivity contribution in [1.82, 2.24) is 5.32 Å². The molecule has 0 aliphatic rings. The Kier molecular flexibility index (Phi) is 8.38. The third-order valence-corrected chi connectivity index (χ3v) is 2.77. The van der Waals surface area contributed by atoms with Gasteiger partial charge in [0.2, 0.25) is 0 Å². The van der Waals surface area contributed by atoms with Gasteiger partial charge >= 0.3 is 5.97 Å². The second kappa shape index (κ2) is 8.72. The third kappa shape index (κ3) is 5.78. The zero-order valence-electron chi connectivity index (χ0n) is 10.5. The van der Waals surface area contributed by atoms with Crippen molar-refractivity contribution in [1.29, 1.82) is 0 Å². The standard InChI is InChI=1S/C12H25NO2/c1-5-7-8-9-15-12(14)11(13-4)10(3)6-2/h10-11,13H,5-9H2,1-4H3/t10?,11-/m0/s1. The van der Waals surface area contributed by atoms with Gasteiger partial charge in [-0.1, -0.05) is 40.0 Å². The fourth-order valence-corrected chi connectivity index (χ4v) is 1.48. The molecule has 0 fully saturated rings. The van der Waals surface area contributed by atoms with Crippen LogP contribution >= 0.6 is 0 Å². The average molecular weight is 215 g/mol. The van der Waals surface area contributed by atoms with Gasteiger partial charge in [0.15, 0.2) is 0 Å². The molecule has 0 aromatic carbocycles. The maximum Gasteiger partial charge on any atom is 0.323 e. The normalized spacial score (nSPS) is 14.7. The number of hydrogen-bond donors (Lipinski definition) is 1. The van der Waals surface area contributed by atoms with Gasteiger partial charge < -0.3 is 10.1 Å². The number of unbranched alkanes of at least 4 members (excludes halogenated alkanes) is 2. The Balaban J connectivity index is 3.83. The first-order valence-corrected chi connectivity index (χ1v) is 6.01. The van der Waals surface area contributed by atoms with E-state index in [4.69, 9.17) is 4.74 Å². The third-order valence-electron chi connectivity index (χ3n) is 2.77. The van der Waals surface area contributed by atoms with Crippen LogP contribution in [0.3, 0.4) is 0 Å². The van der Waals surface area contributed by atoms with Gasteiger partial charge in [0.05, 0.1) is 6.61 Å². The van der Waals surface area contributed by atoms with Crippen molar-refractivity contribution in [3.05, 3.63) is 0 Å². The van der Waals surface area contributed by atoms with Crippen LogP contribution in [0.5, 0.6) is 0 Å². The molecule has 3 heteroatoms. The highest BCUT2D eigenvalue weighted by molar-refractivity contribution is 5.76. The summed E-state index contributed by atoms with van der Waals surface area (Å²) in [5, 5.41) is 3.02. The van der Waals surface area contributed by atoms with E-state index in [0.29, 0.717) is 12.5 Å². The molecule has 0 radical (unpaired) electrons. The predicted octanol–water partition coefficient (Wildman–Crippen LogP) is 2.35. The largest absolute Gasteiger partial charge is 0.465 e. The fourth-order valence-electron chi connectivity index (χ4n) is 1.48. The van der Waals surface area contributed by atoms with Crippen molar-refractivity contribution in [2.75, 3.05) is 13.7 Å². The van der Waals surface area contributed by atoms with E-state index in [-0.39, 0.29) is 12.0 Å². The Morgan fingerprint density at radius 1 is 1.33 bits per heavy atom. The minimum atomic E-state index is -0.156. The predicted molar refractivity (Wildman–Crippen MR) is 62.8 cm³/mol. The fraction of sp³-hybridized carbons (Fsp3) is 0.917. The maximum atomic E-state index is 11.7. The van der Waals surface area contributed by atoms with Gasteiger partial charge in [0, 0.05) is 0 Å². The molecule has 0 aliphatic carbocycles. The Morgan fingerprint density at radius 3 is 2.47 bits per heavy atom. The van der Waals surface area contributed by atoms with Crippen molar-refractivity contribution >= 4 is 5.97 Å². The van der Waals surface area contributed by atoms with Crippen molar-refractivity contribution in [2.45, 2.75) is 52.5 Å². The number of esters is 1. The molecule has 0 aromatic heterocycles. The van der Waals surface area contributed by atoms with Crippen LogP contribution in [0.1, 0.15) is 46.5 Å². The van der Waals surface area contributed by atoms with Gasteiger partial charge in [-0.3, -0.25) is 4.79 Å². The number of likely N-dealkylation sites (N-methyl/N-ethyl adjacent to an activating group) is 1. The molecule has 0 spiro atoms. The van der Waals surface area contributed by atoms with Crippen molar-refractivity contribution in [3.8, 4) is 0 Å². The van der Waals surface area contributed by atoms with E-state index in [2.05, 4.69) is 26.1 Å². The molecule has 2 atom stereocenters. The molecule has 0 amide bonds. The van der Waals surface area contributed by atoms with Crippen molar-refractivity contribution < 1.29 is 9.53 Å². The number of ether oxygens (including phenoxy) is 1. The van der Waals surface area contributed by atoms with Crippen LogP contribution in [-0.2, 0) is 9.53 Å². The van der Waals surface area contributed by atoms with Crippen LogP contribution in [0.25, 0.3) is 0 Å². The number of hydrogen-bond acceptors (Lipinski definition) is 3. The lowest BCUT2D eigenvalue weighted by Gasteiger charge is -2.20. The molecule has 0 rings (SSSR count). The van der Waals surface area contributed by atoms with Crippen LogP contribution in [0.2, 0.25) is 0 Å². The van der Waals surface area contributed by atoms with Crippen LogP contribution in [-0.4, -0.2) is 25.7 Å². The van der Waals surface area contributed by atoms with Crippen LogP contribution in [0.15, 0.2) is 0 Å². The number of rotatable bonds is 8. The molecule has 0 heterocycles. The van der Waals surface area contributed by atoms with Crippen LogP contribution in [0, 0.1) is 5.92 Å². The summed E-state index contributed by atoms with van der Waals surface area (Å²) in [6.07, 6.45) is 4.23. The van der Waals surface area contributed by atoms with Gasteiger partial charge in [0.25, 0.3) is 0 Å². The Hall–Kier alpha value is -0.570. The van der Waals surface area contributed by atoms with Gasteiger partial charge in [-0.15, -0.1) is 0 Å². The monoisotopic (exact) mass is 215 g/mol. The second-order valence-corrected chi connectivity index (χ2v) is 4.03. The lowest BCUT2D eigenvalue weighted by Crippen LogP contribution is -2.40. The van der Waals surface area contributed by atoms with Gasteiger partial charge in [-0.2, -0.15) is 0 Å². The minimum absolute atomic E-state index is 0.108. The summed E-state index contributed by atoms with van der Waals surface area (Å²) in [5.74, 6) is 0.219. The first kappa shape index (κ1) is 14.4. The average Bonchev–Trinajstić information content (AvgIpc) is 2.25. The van der Waals surface area contributed by atoms with E-state index >= 15 is 0 Å². The summed E-state index contributed by atoms with van der Waals surface area (Å²) in [6.45, 7) is 6.84. The van der Waals surface area contributed by atoms with E-state index in [1.54, 1.807) is 0 Å². The van der Waals surface area contributed by atoms with Crippen LogP contribution in [0.4, 0.5) is 0 Å².